The Bertz CT molecular complexity index is 477. The number of anilines is 1. The molecule has 0 bridgehead atoms. The number of nitrogens with zero attached hydrogens (tertiary/aromatic N) is 3. The monoisotopic (exact) mass is 269 g/mol. The van der Waals surface area contributed by atoms with Crippen LogP contribution < -0.4 is 9.64 Å². The van der Waals surface area contributed by atoms with Gasteiger partial charge in [-0.1, -0.05) is 0 Å². The molecule has 0 saturated carbocycles. The van der Waals surface area contributed by atoms with Gasteiger partial charge in [0.2, 0.25) is 11.7 Å². The summed E-state index contributed by atoms with van der Waals surface area (Å²) in [5, 5.41) is 19.5. The molecular weight excluding hydrogens is 254 g/mol. The zero-order chi connectivity index (χ0) is 14.4. The first-order chi connectivity index (χ1) is 8.95. The Hall–Kier alpha value is -2.38. The van der Waals surface area contributed by atoms with Crippen LogP contribution in [0.5, 0.6) is 5.88 Å². The number of carboxylic acids is 1. The van der Waals surface area contributed by atoms with E-state index in [2.05, 4.69) is 4.98 Å². The SMILES string of the molecule is COc1ccc([N+](=O)[O-])c(N(C)CCCC(=O)O)n1. The molecule has 1 heterocycles. The third-order valence-corrected chi connectivity index (χ3v) is 2.48. The van der Waals surface area contributed by atoms with E-state index in [0.29, 0.717) is 13.0 Å². The van der Waals surface area contributed by atoms with Gasteiger partial charge in [-0.2, -0.15) is 4.98 Å². The van der Waals surface area contributed by atoms with Gasteiger partial charge in [-0.15, -0.1) is 0 Å². The molecule has 1 rings (SSSR count). The Morgan fingerprint density at radius 2 is 2.26 bits per heavy atom. The van der Waals surface area contributed by atoms with Gasteiger partial charge in [-0.05, 0) is 6.42 Å². The first-order valence-electron chi connectivity index (χ1n) is 5.58. The maximum Gasteiger partial charge on any atom is 0.311 e. The Kier molecular flexibility index (Phi) is 5.04. The fraction of sp³-hybridized carbons (Fsp3) is 0.455. The minimum absolute atomic E-state index is 0.00209. The van der Waals surface area contributed by atoms with E-state index >= 15 is 0 Å². The van der Waals surface area contributed by atoms with Crippen LogP contribution in [0.1, 0.15) is 12.8 Å². The molecule has 0 aromatic carbocycles. The molecule has 104 valence electrons. The van der Waals surface area contributed by atoms with Crippen molar-refractivity contribution in [1.29, 1.82) is 0 Å². The van der Waals surface area contributed by atoms with Crippen LogP contribution in [-0.4, -0.2) is 41.7 Å². The van der Waals surface area contributed by atoms with E-state index in [1.165, 1.54) is 19.2 Å². The average Bonchev–Trinajstić information content (AvgIpc) is 2.37. The van der Waals surface area contributed by atoms with Crippen molar-refractivity contribution in [2.45, 2.75) is 12.8 Å². The van der Waals surface area contributed by atoms with Gasteiger partial charge in [0.15, 0.2) is 0 Å². The van der Waals surface area contributed by atoms with Crippen LogP contribution in [0.4, 0.5) is 11.5 Å². The second kappa shape index (κ2) is 6.53. The van der Waals surface area contributed by atoms with E-state index in [-0.39, 0.29) is 23.8 Å². The smallest absolute Gasteiger partial charge is 0.311 e. The molecule has 0 aliphatic carbocycles. The second-order valence-electron chi connectivity index (χ2n) is 3.87. The summed E-state index contributed by atoms with van der Waals surface area (Å²) < 4.78 is 4.93. The van der Waals surface area contributed by atoms with Crippen molar-refractivity contribution in [2.24, 2.45) is 0 Å². The fourth-order valence-electron chi connectivity index (χ4n) is 1.53. The van der Waals surface area contributed by atoms with Crippen molar-refractivity contribution < 1.29 is 19.6 Å². The molecule has 0 unspecified atom stereocenters. The standard InChI is InChI=1S/C11H15N3O5/c1-13(7-3-4-10(15)16)11-8(14(17)18)5-6-9(12-11)19-2/h5-6H,3-4,7H2,1-2H3,(H,15,16). The first-order valence-corrected chi connectivity index (χ1v) is 5.58. The molecular formula is C11H15N3O5. The number of rotatable bonds is 7. The summed E-state index contributed by atoms with van der Waals surface area (Å²) in [4.78, 5) is 26.4. The van der Waals surface area contributed by atoms with Crippen LogP contribution in [0.3, 0.4) is 0 Å². The molecule has 0 radical (unpaired) electrons. The number of carboxylic acid groups (broad SMARTS) is 1. The van der Waals surface area contributed by atoms with E-state index < -0.39 is 10.9 Å². The fourth-order valence-corrected chi connectivity index (χ4v) is 1.53. The first kappa shape index (κ1) is 14.7. The summed E-state index contributed by atoms with van der Waals surface area (Å²) in [7, 11) is 3.04. The maximum atomic E-state index is 10.9. The van der Waals surface area contributed by atoms with E-state index in [9.17, 15) is 14.9 Å². The summed E-state index contributed by atoms with van der Waals surface area (Å²) >= 11 is 0. The molecule has 0 atom stereocenters. The summed E-state index contributed by atoms with van der Waals surface area (Å²) in [6, 6.07) is 2.72. The number of ether oxygens (including phenoxy) is 1. The Morgan fingerprint density at radius 1 is 1.58 bits per heavy atom. The van der Waals surface area contributed by atoms with Crippen molar-refractivity contribution in [3.8, 4) is 5.88 Å². The topological polar surface area (TPSA) is 106 Å². The van der Waals surface area contributed by atoms with Crippen LogP contribution in [0.15, 0.2) is 12.1 Å². The highest BCUT2D eigenvalue weighted by Gasteiger charge is 2.19. The van der Waals surface area contributed by atoms with Crippen molar-refractivity contribution in [3.05, 3.63) is 22.2 Å². The predicted octanol–water partition coefficient (Wildman–Crippen LogP) is 1.30. The highest BCUT2D eigenvalue weighted by Crippen LogP contribution is 2.27. The minimum atomic E-state index is -0.901. The third kappa shape index (κ3) is 4.09. The maximum absolute atomic E-state index is 10.9. The van der Waals surface area contributed by atoms with Gasteiger partial charge in [-0.3, -0.25) is 14.9 Å². The van der Waals surface area contributed by atoms with Gasteiger partial charge >= 0.3 is 11.7 Å². The van der Waals surface area contributed by atoms with Crippen LogP contribution in [0.25, 0.3) is 0 Å². The lowest BCUT2D eigenvalue weighted by Gasteiger charge is -2.17. The lowest BCUT2D eigenvalue weighted by molar-refractivity contribution is -0.384. The number of hydrogen-bond acceptors (Lipinski definition) is 6. The van der Waals surface area contributed by atoms with Gasteiger partial charge in [0.1, 0.15) is 0 Å². The minimum Gasteiger partial charge on any atom is -0.481 e. The molecule has 0 saturated heterocycles. The molecule has 0 amide bonds. The molecule has 8 nitrogen and oxygen atoms in total. The Labute approximate surface area is 109 Å². The van der Waals surface area contributed by atoms with Gasteiger partial charge in [-0.25, -0.2) is 0 Å². The molecule has 0 aliphatic heterocycles. The van der Waals surface area contributed by atoms with Crippen molar-refractivity contribution in [1.82, 2.24) is 4.98 Å². The van der Waals surface area contributed by atoms with Crippen LogP contribution in [-0.2, 0) is 4.79 Å². The predicted molar refractivity (Wildman–Crippen MR) is 67.6 cm³/mol. The van der Waals surface area contributed by atoms with Gasteiger partial charge in [0.25, 0.3) is 0 Å². The zero-order valence-electron chi connectivity index (χ0n) is 10.7. The van der Waals surface area contributed by atoms with E-state index in [1.54, 1.807) is 11.9 Å². The van der Waals surface area contributed by atoms with Gasteiger partial charge in [0.05, 0.1) is 12.0 Å². The Morgan fingerprint density at radius 3 is 2.79 bits per heavy atom. The van der Waals surface area contributed by atoms with Crippen molar-refractivity contribution >= 4 is 17.5 Å². The zero-order valence-corrected chi connectivity index (χ0v) is 10.7. The number of pyridine rings is 1. The molecule has 0 spiro atoms. The van der Waals surface area contributed by atoms with Crippen LogP contribution in [0, 0.1) is 10.1 Å². The van der Waals surface area contributed by atoms with Gasteiger partial charge in [0, 0.05) is 32.1 Å². The number of methoxy groups -OCH3 is 1. The number of hydrogen-bond donors (Lipinski definition) is 1. The van der Waals surface area contributed by atoms with E-state index in [0.717, 1.165) is 0 Å². The molecule has 1 N–H and O–H groups in total. The summed E-state index contributed by atoms with van der Waals surface area (Å²) in [5.74, 6) is -0.470. The summed E-state index contributed by atoms with van der Waals surface area (Å²) in [6.45, 7) is 0.354. The molecule has 1 aromatic heterocycles. The second-order valence-corrected chi connectivity index (χ2v) is 3.87. The quantitative estimate of drug-likeness (QED) is 0.587. The largest absolute Gasteiger partial charge is 0.481 e. The van der Waals surface area contributed by atoms with E-state index in [1.807, 2.05) is 0 Å². The molecule has 0 fully saturated rings. The molecule has 0 aliphatic rings. The number of carbonyl (C=O) groups is 1. The highest BCUT2D eigenvalue weighted by atomic mass is 16.6. The van der Waals surface area contributed by atoms with E-state index in [4.69, 9.17) is 9.84 Å². The number of aromatic nitrogens is 1. The Balaban J connectivity index is 2.89. The third-order valence-electron chi connectivity index (χ3n) is 2.48. The lowest BCUT2D eigenvalue weighted by Crippen LogP contribution is -2.21. The average molecular weight is 269 g/mol. The number of nitro groups is 1. The number of aliphatic carboxylic acids is 1. The van der Waals surface area contributed by atoms with Crippen molar-refractivity contribution in [3.63, 3.8) is 0 Å². The van der Waals surface area contributed by atoms with Crippen LogP contribution >= 0.6 is 0 Å². The lowest BCUT2D eigenvalue weighted by atomic mass is 10.3. The normalized spacial score (nSPS) is 10.0. The molecule has 8 heteroatoms. The highest BCUT2D eigenvalue weighted by molar-refractivity contribution is 5.66. The molecule has 1 aromatic rings. The van der Waals surface area contributed by atoms with Crippen molar-refractivity contribution in [2.75, 3.05) is 25.6 Å². The summed E-state index contributed by atoms with van der Waals surface area (Å²) in [5.41, 5.74) is -0.140. The summed E-state index contributed by atoms with van der Waals surface area (Å²) in [6.07, 6.45) is 0.379. The van der Waals surface area contributed by atoms with Crippen LogP contribution in [0.2, 0.25) is 0 Å². The van der Waals surface area contributed by atoms with Gasteiger partial charge < -0.3 is 14.7 Å². The molecule has 19 heavy (non-hydrogen) atoms.